The first-order valence-electron chi connectivity index (χ1n) is 7.73. The summed E-state index contributed by atoms with van der Waals surface area (Å²) in [6, 6.07) is 17.5. The fourth-order valence-electron chi connectivity index (χ4n) is 2.33. The first kappa shape index (κ1) is 16.3. The largest absolute Gasteiger partial charge is 0.438 e. The van der Waals surface area contributed by atoms with Gasteiger partial charge in [0.2, 0.25) is 0 Å². The van der Waals surface area contributed by atoms with Crippen molar-refractivity contribution in [3.8, 4) is 11.3 Å². The topological polar surface area (TPSA) is 72.2 Å². The van der Waals surface area contributed by atoms with E-state index in [0.29, 0.717) is 18.1 Å². The molecule has 0 spiro atoms. The SMILES string of the molecule is CCCc1nc(NS(=O)(=O)c2ccccc2)c(-c2ccccc2)o1. The number of hydrogen-bond donors (Lipinski definition) is 1. The molecule has 0 bridgehead atoms. The van der Waals surface area contributed by atoms with E-state index in [2.05, 4.69) is 9.71 Å². The molecule has 0 fully saturated rings. The Kier molecular flexibility index (Phi) is 4.66. The first-order chi connectivity index (χ1) is 11.6. The molecule has 124 valence electrons. The number of nitrogens with zero attached hydrogens (tertiary/aromatic N) is 1. The van der Waals surface area contributed by atoms with Crippen molar-refractivity contribution in [3.63, 3.8) is 0 Å². The van der Waals surface area contributed by atoms with Gasteiger partial charge in [-0.3, -0.25) is 4.72 Å². The standard InChI is InChI=1S/C18H18N2O3S/c1-2-9-16-19-18(17(23-16)14-10-5-3-6-11-14)20-24(21,22)15-12-7-4-8-13-15/h3-8,10-13,20H,2,9H2,1H3. The Labute approximate surface area is 141 Å². The summed E-state index contributed by atoms with van der Waals surface area (Å²) < 4.78 is 33.5. The Morgan fingerprint density at radius 2 is 1.62 bits per heavy atom. The van der Waals surface area contributed by atoms with E-state index in [-0.39, 0.29) is 10.7 Å². The lowest BCUT2D eigenvalue weighted by Gasteiger charge is -2.06. The molecule has 1 N–H and O–H groups in total. The number of sulfonamides is 1. The summed E-state index contributed by atoms with van der Waals surface area (Å²) >= 11 is 0. The van der Waals surface area contributed by atoms with Gasteiger partial charge in [-0.1, -0.05) is 55.5 Å². The van der Waals surface area contributed by atoms with Crippen molar-refractivity contribution in [1.29, 1.82) is 0 Å². The summed E-state index contributed by atoms with van der Waals surface area (Å²) in [6.07, 6.45) is 1.51. The minimum atomic E-state index is -3.72. The van der Waals surface area contributed by atoms with Gasteiger partial charge in [0.1, 0.15) is 0 Å². The van der Waals surface area contributed by atoms with Gasteiger partial charge in [-0.15, -0.1) is 0 Å². The van der Waals surface area contributed by atoms with Crippen LogP contribution in [0, 0.1) is 0 Å². The maximum Gasteiger partial charge on any atom is 0.263 e. The van der Waals surface area contributed by atoms with Crippen molar-refractivity contribution < 1.29 is 12.8 Å². The predicted molar refractivity (Wildman–Crippen MR) is 93.2 cm³/mol. The van der Waals surface area contributed by atoms with Crippen LogP contribution >= 0.6 is 0 Å². The van der Waals surface area contributed by atoms with Crippen molar-refractivity contribution in [3.05, 3.63) is 66.6 Å². The molecule has 2 aromatic carbocycles. The molecule has 0 amide bonds. The van der Waals surface area contributed by atoms with Crippen LogP contribution in [0.15, 0.2) is 70.0 Å². The van der Waals surface area contributed by atoms with Gasteiger partial charge in [-0.05, 0) is 18.6 Å². The average molecular weight is 342 g/mol. The third-order valence-corrected chi connectivity index (χ3v) is 4.81. The van der Waals surface area contributed by atoms with Gasteiger partial charge in [0.15, 0.2) is 17.5 Å². The van der Waals surface area contributed by atoms with E-state index in [1.165, 1.54) is 12.1 Å². The molecule has 1 aromatic heterocycles. The molecule has 0 aliphatic carbocycles. The van der Waals surface area contributed by atoms with E-state index in [1.54, 1.807) is 18.2 Å². The molecule has 6 heteroatoms. The maximum atomic E-state index is 12.6. The molecule has 0 aliphatic heterocycles. The lowest BCUT2D eigenvalue weighted by atomic mass is 10.2. The Balaban J connectivity index is 2.01. The summed E-state index contributed by atoms with van der Waals surface area (Å²) in [7, 11) is -3.72. The minimum absolute atomic E-state index is 0.184. The zero-order valence-electron chi connectivity index (χ0n) is 13.3. The number of rotatable bonds is 6. The third kappa shape index (κ3) is 3.49. The lowest BCUT2D eigenvalue weighted by Crippen LogP contribution is -2.13. The lowest BCUT2D eigenvalue weighted by molar-refractivity contribution is 0.503. The van der Waals surface area contributed by atoms with Crippen molar-refractivity contribution in [2.45, 2.75) is 24.7 Å². The number of aromatic nitrogens is 1. The molecule has 3 aromatic rings. The summed E-state index contributed by atoms with van der Waals surface area (Å²) in [5, 5.41) is 0. The molecular formula is C18H18N2O3S. The zero-order chi connectivity index (χ0) is 17.0. The van der Waals surface area contributed by atoms with Crippen molar-refractivity contribution in [1.82, 2.24) is 4.98 Å². The van der Waals surface area contributed by atoms with Crippen LogP contribution in [-0.4, -0.2) is 13.4 Å². The Hall–Kier alpha value is -2.60. The molecule has 0 atom stereocenters. The molecule has 3 rings (SSSR count). The molecule has 0 saturated carbocycles. The van der Waals surface area contributed by atoms with Crippen LogP contribution in [0.2, 0.25) is 0 Å². The highest BCUT2D eigenvalue weighted by atomic mass is 32.2. The highest BCUT2D eigenvalue weighted by Gasteiger charge is 2.21. The Bertz CT molecular complexity index is 904. The normalized spacial score (nSPS) is 11.4. The minimum Gasteiger partial charge on any atom is -0.438 e. The van der Waals surface area contributed by atoms with Crippen molar-refractivity contribution >= 4 is 15.8 Å². The van der Waals surface area contributed by atoms with Crippen LogP contribution in [-0.2, 0) is 16.4 Å². The van der Waals surface area contributed by atoms with Gasteiger partial charge in [0.25, 0.3) is 10.0 Å². The number of anilines is 1. The molecule has 1 heterocycles. The monoisotopic (exact) mass is 342 g/mol. The molecule has 0 aliphatic rings. The molecule has 5 nitrogen and oxygen atoms in total. The highest BCUT2D eigenvalue weighted by Crippen LogP contribution is 2.30. The molecule has 0 unspecified atom stereocenters. The van der Waals surface area contributed by atoms with Crippen LogP contribution in [0.1, 0.15) is 19.2 Å². The van der Waals surface area contributed by atoms with Crippen LogP contribution < -0.4 is 4.72 Å². The summed E-state index contributed by atoms with van der Waals surface area (Å²) in [6.45, 7) is 2.01. The zero-order valence-corrected chi connectivity index (χ0v) is 14.1. The van der Waals surface area contributed by atoms with E-state index in [9.17, 15) is 8.42 Å². The van der Waals surface area contributed by atoms with Gasteiger partial charge in [-0.25, -0.2) is 8.42 Å². The predicted octanol–water partition coefficient (Wildman–Crippen LogP) is 4.09. The average Bonchev–Trinajstić information content (AvgIpc) is 2.98. The molecule has 24 heavy (non-hydrogen) atoms. The van der Waals surface area contributed by atoms with Crippen LogP contribution in [0.25, 0.3) is 11.3 Å². The van der Waals surface area contributed by atoms with Crippen LogP contribution in [0.4, 0.5) is 5.82 Å². The number of oxazole rings is 1. The molecule has 0 saturated heterocycles. The number of aryl methyl sites for hydroxylation is 1. The maximum absolute atomic E-state index is 12.6. The quantitative estimate of drug-likeness (QED) is 0.732. The highest BCUT2D eigenvalue weighted by molar-refractivity contribution is 7.92. The fraction of sp³-hybridized carbons (Fsp3) is 0.167. The van der Waals surface area contributed by atoms with Crippen molar-refractivity contribution in [2.24, 2.45) is 0 Å². The first-order valence-corrected chi connectivity index (χ1v) is 9.21. The van der Waals surface area contributed by atoms with Gasteiger partial charge in [0, 0.05) is 12.0 Å². The van der Waals surface area contributed by atoms with Crippen LogP contribution in [0.3, 0.4) is 0 Å². The second kappa shape index (κ2) is 6.88. The van der Waals surface area contributed by atoms with E-state index < -0.39 is 10.0 Å². The van der Waals surface area contributed by atoms with E-state index in [4.69, 9.17) is 4.42 Å². The summed E-state index contributed by atoms with van der Waals surface area (Å²) in [5.41, 5.74) is 0.776. The third-order valence-electron chi connectivity index (χ3n) is 3.46. The van der Waals surface area contributed by atoms with Gasteiger partial charge in [-0.2, -0.15) is 4.98 Å². The fourth-order valence-corrected chi connectivity index (χ4v) is 3.35. The van der Waals surface area contributed by atoms with Crippen molar-refractivity contribution in [2.75, 3.05) is 4.72 Å². The molecular weight excluding hydrogens is 324 g/mol. The number of nitrogens with one attached hydrogen (secondary N) is 1. The smallest absolute Gasteiger partial charge is 0.263 e. The Morgan fingerprint density at radius 1 is 1.00 bits per heavy atom. The summed E-state index contributed by atoms with van der Waals surface area (Å²) in [4.78, 5) is 4.51. The van der Waals surface area contributed by atoms with E-state index in [0.717, 1.165) is 12.0 Å². The molecule has 0 radical (unpaired) electrons. The second-order valence-electron chi connectivity index (χ2n) is 5.32. The number of hydrogen-bond acceptors (Lipinski definition) is 4. The van der Waals surface area contributed by atoms with E-state index >= 15 is 0 Å². The van der Waals surface area contributed by atoms with E-state index in [1.807, 2.05) is 37.3 Å². The van der Waals surface area contributed by atoms with Gasteiger partial charge < -0.3 is 4.42 Å². The Morgan fingerprint density at radius 3 is 2.25 bits per heavy atom. The summed E-state index contributed by atoms with van der Waals surface area (Å²) in [5.74, 6) is 1.16. The van der Waals surface area contributed by atoms with Gasteiger partial charge >= 0.3 is 0 Å². The van der Waals surface area contributed by atoms with Gasteiger partial charge in [0.05, 0.1) is 4.90 Å². The second-order valence-corrected chi connectivity index (χ2v) is 7.00. The number of benzene rings is 2. The van der Waals surface area contributed by atoms with Crippen LogP contribution in [0.5, 0.6) is 0 Å².